The van der Waals surface area contributed by atoms with Crippen molar-refractivity contribution in [3.63, 3.8) is 0 Å². The number of nitrogens with zero attached hydrogens (tertiary/aromatic N) is 1. The summed E-state index contributed by atoms with van der Waals surface area (Å²) in [7, 11) is -3.40. The van der Waals surface area contributed by atoms with Crippen molar-refractivity contribution in [1.29, 1.82) is 0 Å². The summed E-state index contributed by atoms with van der Waals surface area (Å²) in [5.41, 5.74) is 6.35. The fraction of sp³-hybridized carbons (Fsp3) is 0.190. The first kappa shape index (κ1) is 21.7. The number of aromatic amines is 1. The number of rotatable bonds is 5. The van der Waals surface area contributed by atoms with Crippen molar-refractivity contribution in [3.05, 3.63) is 70.0 Å². The number of H-pyrrole nitrogens is 1. The smallest absolute Gasteiger partial charge is 0.252 e. The van der Waals surface area contributed by atoms with Crippen molar-refractivity contribution in [2.24, 2.45) is 10.1 Å². The lowest BCUT2D eigenvalue weighted by Crippen LogP contribution is -2.48. The molecule has 0 bridgehead atoms. The molecule has 0 saturated heterocycles. The van der Waals surface area contributed by atoms with Crippen LogP contribution in [0.3, 0.4) is 0 Å². The summed E-state index contributed by atoms with van der Waals surface area (Å²) in [5.74, 6) is -0.103. The number of amidine groups is 1. The molecule has 1 aromatic heterocycles. The molecule has 0 radical (unpaired) electrons. The molecular formula is C21H23N5O5S. The number of nitrogens with two attached hydrogens (primary N) is 1. The first-order chi connectivity index (χ1) is 15.0. The number of hydrogen-bond donors (Lipinski definition) is 6. The summed E-state index contributed by atoms with van der Waals surface area (Å²) in [6.07, 6.45) is 0. The first-order valence-corrected chi connectivity index (χ1v) is 11.2. The molecule has 0 spiro atoms. The van der Waals surface area contributed by atoms with Gasteiger partial charge in [-0.05, 0) is 43.0 Å². The zero-order valence-electron chi connectivity index (χ0n) is 17.4. The molecule has 168 valence electrons. The second kappa shape index (κ2) is 7.86. The molecule has 4 rings (SSSR count). The van der Waals surface area contributed by atoms with Crippen molar-refractivity contribution in [1.82, 2.24) is 10.3 Å². The molecule has 0 aliphatic carbocycles. The van der Waals surface area contributed by atoms with Gasteiger partial charge in [0.05, 0.1) is 22.4 Å². The fourth-order valence-electron chi connectivity index (χ4n) is 3.42. The number of aromatic nitrogens is 1. The van der Waals surface area contributed by atoms with Crippen LogP contribution >= 0.6 is 11.0 Å². The third-order valence-electron chi connectivity index (χ3n) is 4.79. The Labute approximate surface area is 185 Å². The van der Waals surface area contributed by atoms with Crippen LogP contribution in [0.4, 0.5) is 5.69 Å². The Bertz CT molecular complexity index is 1300. The van der Waals surface area contributed by atoms with Gasteiger partial charge in [-0.1, -0.05) is 24.3 Å². The van der Waals surface area contributed by atoms with Crippen LogP contribution in [-0.4, -0.2) is 38.0 Å². The van der Waals surface area contributed by atoms with Gasteiger partial charge in [-0.25, -0.2) is 0 Å². The summed E-state index contributed by atoms with van der Waals surface area (Å²) >= 11 is 0. The minimum atomic E-state index is -3.40. The molecule has 1 aliphatic rings. The van der Waals surface area contributed by atoms with Crippen molar-refractivity contribution >= 4 is 39.3 Å². The van der Waals surface area contributed by atoms with E-state index in [1.807, 2.05) is 0 Å². The van der Waals surface area contributed by atoms with Crippen molar-refractivity contribution in [2.75, 3.05) is 11.3 Å². The number of fused-ring (bicyclic) bond motifs is 2. The van der Waals surface area contributed by atoms with E-state index >= 15 is 0 Å². The molecule has 0 fully saturated rings. The third kappa shape index (κ3) is 4.40. The van der Waals surface area contributed by atoms with Gasteiger partial charge in [0, 0.05) is 17.0 Å². The zero-order chi connectivity index (χ0) is 23.1. The topological polar surface area (TPSA) is 162 Å². The largest absolute Gasteiger partial charge is 0.490 e. The molecule has 32 heavy (non-hydrogen) atoms. The van der Waals surface area contributed by atoms with Gasteiger partial charge in [0.2, 0.25) is 5.56 Å². The molecule has 7 N–H and O–H groups in total. The van der Waals surface area contributed by atoms with Gasteiger partial charge in [-0.2, -0.15) is 0 Å². The lowest BCUT2D eigenvalue weighted by Gasteiger charge is -2.34. The van der Waals surface area contributed by atoms with E-state index in [-0.39, 0.29) is 23.6 Å². The lowest BCUT2D eigenvalue weighted by atomic mass is 10.0. The number of nitrogens with one attached hydrogen (secondary N) is 3. The highest BCUT2D eigenvalue weighted by molar-refractivity contribution is 8.24. The number of hydrogen-bond acceptors (Lipinski definition) is 8. The van der Waals surface area contributed by atoms with Crippen molar-refractivity contribution < 1.29 is 18.6 Å². The zero-order valence-corrected chi connectivity index (χ0v) is 18.2. The second-order valence-electron chi connectivity index (χ2n) is 8.00. The Morgan fingerprint density at radius 2 is 1.97 bits per heavy atom. The molecule has 1 amide bonds. The molecule has 3 aromatic rings. The maximum absolute atomic E-state index is 13.0. The molecule has 11 heteroatoms. The summed E-state index contributed by atoms with van der Waals surface area (Å²) in [4.78, 5) is 27.7. The molecule has 0 unspecified atom stereocenters. The molecule has 10 nitrogen and oxygen atoms in total. The van der Waals surface area contributed by atoms with Crippen LogP contribution in [0.5, 0.6) is 5.75 Å². The van der Waals surface area contributed by atoms with Gasteiger partial charge in [0.1, 0.15) is 12.4 Å². The number of carbonyl (C=O) groups excluding carboxylic acids is 1. The third-order valence-corrected chi connectivity index (χ3v) is 5.74. The summed E-state index contributed by atoms with van der Waals surface area (Å²) < 4.78 is 31.7. The number of pyridine rings is 1. The minimum absolute atomic E-state index is 0.0637. The van der Waals surface area contributed by atoms with Crippen LogP contribution in [0.1, 0.15) is 29.8 Å². The monoisotopic (exact) mass is 457 g/mol. The van der Waals surface area contributed by atoms with E-state index in [1.54, 1.807) is 56.3 Å². The maximum Gasteiger partial charge on any atom is 0.252 e. The number of benzene rings is 2. The van der Waals surface area contributed by atoms with Crippen LogP contribution in [0.15, 0.2) is 57.7 Å². The molecule has 0 atom stereocenters. The predicted octanol–water partition coefficient (Wildman–Crippen LogP) is 2.83. The molecule has 1 aliphatic heterocycles. The highest BCUT2D eigenvalue weighted by atomic mass is 32.3. The average molecular weight is 458 g/mol. The van der Waals surface area contributed by atoms with E-state index in [0.29, 0.717) is 27.9 Å². The van der Waals surface area contributed by atoms with E-state index in [1.165, 1.54) is 6.07 Å². The van der Waals surface area contributed by atoms with Gasteiger partial charge < -0.3 is 20.8 Å². The van der Waals surface area contributed by atoms with Gasteiger partial charge in [-0.3, -0.25) is 23.4 Å². The van der Waals surface area contributed by atoms with Gasteiger partial charge in [0.15, 0.2) is 5.84 Å². The molecular weight excluding hydrogens is 434 g/mol. The Kier molecular flexibility index (Phi) is 5.33. The Hall–Kier alpha value is -3.54. The average Bonchev–Trinajstić information content (AvgIpc) is 2.70. The van der Waals surface area contributed by atoms with Gasteiger partial charge in [-0.15, -0.1) is 4.40 Å². The molecule has 2 aromatic carbocycles. The van der Waals surface area contributed by atoms with Gasteiger partial charge in [0.25, 0.3) is 5.91 Å². The predicted molar refractivity (Wildman–Crippen MR) is 125 cm³/mol. The standard InChI is InChI=1S/C21H23N5O5S/c1-21(2,24-20(28)13-10-17(27)23-14-7-4-3-6-12(13)14)11-31-16-9-5-8-15-18(16)19(22)26-32(29,30)25-15/h3-10,25,29-30H,11H2,1-2H3,(H2,22,26)(H,23,27)(H,24,28). The lowest BCUT2D eigenvalue weighted by molar-refractivity contribution is 0.0882. The Morgan fingerprint density at radius 3 is 2.75 bits per heavy atom. The first-order valence-electron chi connectivity index (χ1n) is 9.67. The molecule has 2 heterocycles. The minimum Gasteiger partial charge on any atom is -0.490 e. The summed E-state index contributed by atoms with van der Waals surface area (Å²) in [6.45, 7) is 3.63. The number of amides is 1. The Balaban J connectivity index is 1.54. The van der Waals surface area contributed by atoms with Crippen LogP contribution in [0.25, 0.3) is 10.9 Å². The SMILES string of the molecule is CC(C)(COc1cccc2c1C(N)=NS(O)(O)N2)NC(=O)c1cc(=O)[nH]c2ccccc12. The Morgan fingerprint density at radius 1 is 1.22 bits per heavy atom. The maximum atomic E-state index is 13.0. The summed E-state index contributed by atoms with van der Waals surface area (Å²) in [6, 6.07) is 13.3. The van der Waals surface area contributed by atoms with Crippen molar-refractivity contribution in [3.8, 4) is 5.75 Å². The van der Waals surface area contributed by atoms with Crippen molar-refractivity contribution in [2.45, 2.75) is 19.4 Å². The highest BCUT2D eigenvalue weighted by Gasteiger charge is 2.28. The van der Waals surface area contributed by atoms with Crippen LogP contribution in [0.2, 0.25) is 0 Å². The summed E-state index contributed by atoms with van der Waals surface area (Å²) in [5, 5.41) is 3.53. The van der Waals surface area contributed by atoms with Gasteiger partial charge >= 0.3 is 0 Å². The van der Waals surface area contributed by atoms with Crippen LogP contribution < -0.4 is 26.1 Å². The highest BCUT2D eigenvalue weighted by Crippen LogP contribution is 2.46. The number of ether oxygens (including phenoxy) is 1. The van der Waals surface area contributed by atoms with E-state index in [2.05, 4.69) is 19.4 Å². The van der Waals surface area contributed by atoms with Crippen LogP contribution in [-0.2, 0) is 0 Å². The normalized spacial score (nSPS) is 15.8. The second-order valence-corrected chi connectivity index (χ2v) is 9.42. The number of anilines is 1. The van der Waals surface area contributed by atoms with E-state index in [9.17, 15) is 18.7 Å². The van der Waals surface area contributed by atoms with E-state index < -0.39 is 22.4 Å². The fourth-order valence-corrected chi connectivity index (χ4v) is 4.29. The van der Waals surface area contributed by atoms with E-state index in [4.69, 9.17) is 10.5 Å². The number of para-hydroxylation sites is 1. The van der Waals surface area contributed by atoms with E-state index in [0.717, 1.165) is 0 Å². The quantitative estimate of drug-likeness (QED) is 0.343. The molecule has 0 saturated carbocycles. The number of carbonyl (C=O) groups is 1. The van der Waals surface area contributed by atoms with Crippen LogP contribution in [0, 0.1) is 0 Å².